The van der Waals surface area contributed by atoms with Crippen LogP contribution in [0.1, 0.15) is 18.4 Å². The van der Waals surface area contributed by atoms with E-state index in [1.807, 2.05) is 4.90 Å². The second-order valence-electron chi connectivity index (χ2n) is 6.00. The van der Waals surface area contributed by atoms with Crippen LogP contribution in [0.5, 0.6) is 0 Å². The van der Waals surface area contributed by atoms with Crippen LogP contribution in [-0.2, 0) is 4.79 Å². The molecule has 0 unspecified atom stereocenters. The van der Waals surface area contributed by atoms with Crippen molar-refractivity contribution in [3.63, 3.8) is 0 Å². The first kappa shape index (κ1) is 13.1. The lowest BCUT2D eigenvalue weighted by Crippen LogP contribution is -2.49. The van der Waals surface area contributed by atoms with Gasteiger partial charge in [-0.05, 0) is 31.4 Å². The number of carbonyl (C=O) groups excluding carboxylic acids is 1. The van der Waals surface area contributed by atoms with Crippen molar-refractivity contribution in [2.75, 3.05) is 31.1 Å². The molecule has 4 rings (SSSR count). The number of piperazine rings is 1. The van der Waals surface area contributed by atoms with Gasteiger partial charge in [-0.25, -0.2) is 4.98 Å². The molecule has 21 heavy (non-hydrogen) atoms. The Labute approximate surface area is 128 Å². The van der Waals surface area contributed by atoms with Gasteiger partial charge in [0.2, 0.25) is 5.91 Å². The number of anilines is 1. The van der Waals surface area contributed by atoms with E-state index in [0.29, 0.717) is 11.8 Å². The molecule has 2 aliphatic rings. The quantitative estimate of drug-likeness (QED) is 0.855. The highest BCUT2D eigenvalue weighted by Gasteiger charge is 2.34. The standard InChI is InChI=1S/C16H19N3OS/c1-11-3-2-4-13-14(11)17-16(21-13)19-9-7-18(8-10-19)15(20)12-5-6-12/h2-4,12H,5-10H2,1H3. The first-order chi connectivity index (χ1) is 10.2. The zero-order valence-electron chi connectivity index (χ0n) is 12.2. The number of para-hydroxylation sites is 1. The molecule has 2 aromatic rings. The summed E-state index contributed by atoms with van der Waals surface area (Å²) in [4.78, 5) is 21.2. The predicted molar refractivity (Wildman–Crippen MR) is 85.9 cm³/mol. The number of hydrogen-bond acceptors (Lipinski definition) is 4. The summed E-state index contributed by atoms with van der Waals surface area (Å²) >= 11 is 1.76. The van der Waals surface area contributed by atoms with Crippen molar-refractivity contribution in [1.29, 1.82) is 0 Å². The van der Waals surface area contributed by atoms with Crippen LogP contribution in [0, 0.1) is 12.8 Å². The van der Waals surface area contributed by atoms with Crippen molar-refractivity contribution in [3.8, 4) is 0 Å². The zero-order valence-corrected chi connectivity index (χ0v) is 13.0. The molecule has 110 valence electrons. The molecule has 4 nitrogen and oxygen atoms in total. The van der Waals surface area contributed by atoms with Gasteiger partial charge in [-0.15, -0.1) is 0 Å². The van der Waals surface area contributed by atoms with Crippen LogP contribution in [0.25, 0.3) is 10.2 Å². The molecule has 1 amide bonds. The Bertz CT molecular complexity index is 684. The molecule has 5 heteroatoms. The van der Waals surface area contributed by atoms with E-state index in [4.69, 9.17) is 4.98 Å². The van der Waals surface area contributed by atoms with E-state index in [2.05, 4.69) is 30.0 Å². The maximum atomic E-state index is 12.1. The Morgan fingerprint density at radius 3 is 2.67 bits per heavy atom. The summed E-state index contributed by atoms with van der Waals surface area (Å²) in [5.41, 5.74) is 2.35. The van der Waals surface area contributed by atoms with Crippen molar-refractivity contribution < 1.29 is 4.79 Å². The van der Waals surface area contributed by atoms with Crippen LogP contribution in [0.4, 0.5) is 5.13 Å². The summed E-state index contributed by atoms with van der Waals surface area (Å²) in [6.07, 6.45) is 2.19. The molecule has 0 radical (unpaired) electrons. The summed E-state index contributed by atoms with van der Waals surface area (Å²) in [6, 6.07) is 6.33. The van der Waals surface area contributed by atoms with Gasteiger partial charge >= 0.3 is 0 Å². The largest absolute Gasteiger partial charge is 0.345 e. The van der Waals surface area contributed by atoms with Gasteiger partial charge in [0, 0.05) is 32.1 Å². The third-order valence-electron chi connectivity index (χ3n) is 4.40. The number of thiazole rings is 1. The third kappa shape index (κ3) is 2.39. The molecule has 0 atom stereocenters. The highest BCUT2D eigenvalue weighted by atomic mass is 32.1. The van der Waals surface area contributed by atoms with Gasteiger partial charge in [-0.1, -0.05) is 23.5 Å². The van der Waals surface area contributed by atoms with Crippen LogP contribution in [0.15, 0.2) is 18.2 Å². The molecule has 1 aliphatic heterocycles. The fourth-order valence-corrected chi connectivity index (χ4v) is 4.01. The lowest BCUT2D eigenvalue weighted by molar-refractivity contribution is -0.132. The molecule has 2 fully saturated rings. The van der Waals surface area contributed by atoms with E-state index in [1.54, 1.807) is 11.3 Å². The van der Waals surface area contributed by atoms with E-state index in [9.17, 15) is 4.79 Å². The van der Waals surface area contributed by atoms with Gasteiger partial charge in [0.25, 0.3) is 0 Å². The minimum atomic E-state index is 0.335. The van der Waals surface area contributed by atoms with Crippen molar-refractivity contribution >= 4 is 32.6 Å². The van der Waals surface area contributed by atoms with Gasteiger partial charge in [0.1, 0.15) is 0 Å². The molecule has 0 spiro atoms. The minimum Gasteiger partial charge on any atom is -0.345 e. The van der Waals surface area contributed by atoms with Crippen LogP contribution in [-0.4, -0.2) is 42.0 Å². The van der Waals surface area contributed by atoms with Crippen LogP contribution < -0.4 is 4.90 Å². The molecule has 1 saturated heterocycles. The number of rotatable bonds is 2. The maximum absolute atomic E-state index is 12.1. The number of hydrogen-bond donors (Lipinski definition) is 0. The summed E-state index contributed by atoms with van der Waals surface area (Å²) in [6.45, 7) is 5.58. The number of carbonyl (C=O) groups is 1. The number of aryl methyl sites for hydroxylation is 1. The summed E-state index contributed by atoms with van der Waals surface area (Å²) in [5.74, 6) is 0.705. The van der Waals surface area contributed by atoms with Crippen molar-refractivity contribution in [3.05, 3.63) is 23.8 Å². The van der Waals surface area contributed by atoms with Crippen molar-refractivity contribution in [1.82, 2.24) is 9.88 Å². The highest BCUT2D eigenvalue weighted by Crippen LogP contribution is 2.33. The molecule has 1 aromatic carbocycles. The van der Waals surface area contributed by atoms with E-state index in [0.717, 1.165) is 49.7 Å². The van der Waals surface area contributed by atoms with Gasteiger partial charge in [-0.2, -0.15) is 0 Å². The monoisotopic (exact) mass is 301 g/mol. The molecule has 0 N–H and O–H groups in total. The zero-order chi connectivity index (χ0) is 14.4. The second-order valence-corrected chi connectivity index (χ2v) is 7.01. The summed E-state index contributed by atoms with van der Waals surface area (Å²) in [5, 5.41) is 1.10. The fraction of sp³-hybridized carbons (Fsp3) is 0.500. The van der Waals surface area contributed by atoms with Crippen molar-refractivity contribution in [2.24, 2.45) is 5.92 Å². The van der Waals surface area contributed by atoms with Crippen LogP contribution in [0.2, 0.25) is 0 Å². The van der Waals surface area contributed by atoms with Crippen LogP contribution >= 0.6 is 11.3 Å². The Balaban J connectivity index is 1.49. The van der Waals surface area contributed by atoms with Gasteiger partial charge < -0.3 is 9.80 Å². The summed E-state index contributed by atoms with van der Waals surface area (Å²) < 4.78 is 1.25. The number of aromatic nitrogens is 1. The molecule has 0 bridgehead atoms. The number of fused-ring (bicyclic) bond motifs is 1. The lowest BCUT2D eigenvalue weighted by atomic mass is 10.2. The predicted octanol–water partition coefficient (Wildman–Crippen LogP) is 2.66. The molecule has 1 aromatic heterocycles. The average Bonchev–Trinajstić information content (AvgIpc) is 3.26. The number of nitrogens with zero attached hydrogens (tertiary/aromatic N) is 3. The van der Waals surface area contributed by atoms with Gasteiger partial charge in [0.15, 0.2) is 5.13 Å². The van der Waals surface area contributed by atoms with Crippen molar-refractivity contribution in [2.45, 2.75) is 19.8 Å². The summed E-state index contributed by atoms with van der Waals surface area (Å²) in [7, 11) is 0. The normalized spacial score (nSPS) is 19.3. The highest BCUT2D eigenvalue weighted by molar-refractivity contribution is 7.22. The molecule has 2 heterocycles. The fourth-order valence-electron chi connectivity index (χ4n) is 2.92. The number of amides is 1. The third-order valence-corrected chi connectivity index (χ3v) is 5.48. The lowest BCUT2D eigenvalue weighted by Gasteiger charge is -2.34. The van der Waals surface area contributed by atoms with E-state index >= 15 is 0 Å². The second kappa shape index (κ2) is 4.98. The first-order valence-corrected chi connectivity index (χ1v) is 8.44. The van der Waals surface area contributed by atoms with Crippen LogP contribution in [0.3, 0.4) is 0 Å². The van der Waals surface area contributed by atoms with E-state index < -0.39 is 0 Å². The smallest absolute Gasteiger partial charge is 0.225 e. The maximum Gasteiger partial charge on any atom is 0.225 e. The van der Waals surface area contributed by atoms with E-state index in [1.165, 1.54) is 10.3 Å². The first-order valence-electron chi connectivity index (χ1n) is 7.62. The SMILES string of the molecule is Cc1cccc2sc(N3CCN(C(=O)C4CC4)CC3)nc12. The molecule has 1 aliphatic carbocycles. The Morgan fingerprint density at radius 2 is 2.00 bits per heavy atom. The number of benzene rings is 1. The molecular weight excluding hydrogens is 282 g/mol. The Kier molecular flexibility index (Phi) is 3.10. The minimum absolute atomic E-state index is 0.335. The van der Waals surface area contributed by atoms with Gasteiger partial charge in [0.05, 0.1) is 10.2 Å². The van der Waals surface area contributed by atoms with E-state index in [-0.39, 0.29) is 0 Å². The topological polar surface area (TPSA) is 36.4 Å². The average molecular weight is 301 g/mol. The van der Waals surface area contributed by atoms with Gasteiger partial charge in [-0.3, -0.25) is 4.79 Å². The Hall–Kier alpha value is -1.62. The molecule has 1 saturated carbocycles. The molecular formula is C16H19N3OS. The Morgan fingerprint density at radius 1 is 1.24 bits per heavy atom.